The van der Waals surface area contributed by atoms with Crippen molar-refractivity contribution >= 4 is 22.8 Å². The van der Waals surface area contributed by atoms with Crippen LogP contribution in [0.2, 0.25) is 0 Å². The maximum atomic E-state index is 11.7. The SMILES string of the molecule is CCCCCCCCOP(=O)([O-])CCCCCCCC.CCCCCCCCOP(=O)([O-])CCCCCCCC.CCCCCCCCOP(=O)([O-])CCCCCCCC.[Nd+3]. The molecule has 0 aromatic heterocycles. The Morgan fingerprint density at radius 3 is 0.590 bits per heavy atom. The average Bonchev–Trinajstić information content (AvgIpc) is 3.21. The molecule has 61 heavy (non-hydrogen) atoms. The summed E-state index contributed by atoms with van der Waals surface area (Å²) in [6.45, 7) is 14.3. The third-order valence-electron chi connectivity index (χ3n) is 10.7. The van der Waals surface area contributed by atoms with E-state index < -0.39 is 22.8 Å². The Morgan fingerprint density at radius 2 is 0.410 bits per heavy atom. The van der Waals surface area contributed by atoms with Crippen LogP contribution < -0.4 is 14.7 Å². The summed E-state index contributed by atoms with van der Waals surface area (Å²) in [6.07, 6.45) is 41.2. The van der Waals surface area contributed by atoms with E-state index in [2.05, 4.69) is 41.5 Å². The van der Waals surface area contributed by atoms with Crippen molar-refractivity contribution in [2.45, 2.75) is 273 Å². The van der Waals surface area contributed by atoms with Crippen LogP contribution in [-0.2, 0) is 27.3 Å². The molecular weight excluding hydrogens is 958 g/mol. The molecule has 0 N–H and O–H groups in total. The third kappa shape index (κ3) is 63.9. The van der Waals surface area contributed by atoms with E-state index in [4.69, 9.17) is 13.6 Å². The largest absolute Gasteiger partial charge is 3.00 e. The summed E-state index contributed by atoms with van der Waals surface area (Å²) in [5.74, 6) is 0. The Labute approximate surface area is 413 Å². The monoisotopic (exact) mass is 1060 g/mol. The van der Waals surface area contributed by atoms with E-state index in [0.29, 0.717) is 19.8 Å². The molecule has 0 saturated carbocycles. The zero-order chi connectivity index (χ0) is 45.3. The fourth-order valence-corrected chi connectivity index (χ4v) is 10.2. The van der Waals surface area contributed by atoms with Crippen LogP contribution in [0.3, 0.4) is 0 Å². The van der Waals surface area contributed by atoms with Gasteiger partial charge in [-0.15, -0.1) is 0 Å². The van der Waals surface area contributed by atoms with Crippen molar-refractivity contribution in [1.29, 1.82) is 0 Å². The first-order valence-corrected chi connectivity index (χ1v) is 30.9. The molecule has 0 saturated heterocycles. The third-order valence-corrected chi connectivity index (χ3v) is 15.0. The summed E-state index contributed by atoms with van der Waals surface area (Å²) in [7, 11) is -10.7. The normalized spacial score (nSPS) is 14.1. The quantitative estimate of drug-likeness (QED) is 0.0429. The first-order chi connectivity index (χ1) is 28.9. The van der Waals surface area contributed by atoms with Gasteiger partial charge in [0.25, 0.3) is 0 Å². The Morgan fingerprint density at radius 1 is 0.262 bits per heavy atom. The first kappa shape index (κ1) is 69.4. The second-order valence-electron chi connectivity index (χ2n) is 17.1. The standard InChI is InChI=1S/3C16H35O3P.Nd/c3*1-3-5-7-9-11-13-15-19-20(17,18)16-14-12-10-8-6-4-2;/h3*3-16H2,1-2H3,(H,17,18);/q;;;+3/p-3. The van der Waals surface area contributed by atoms with E-state index in [1.54, 1.807) is 0 Å². The molecule has 0 aliphatic carbocycles. The molecule has 3 atom stereocenters. The van der Waals surface area contributed by atoms with Crippen molar-refractivity contribution in [3.63, 3.8) is 0 Å². The predicted octanol–water partition coefficient (Wildman–Crippen LogP) is 15.8. The molecule has 0 aromatic rings. The molecule has 1 radical (unpaired) electrons. The molecule has 0 heterocycles. The van der Waals surface area contributed by atoms with Crippen molar-refractivity contribution < 1.29 is 82.8 Å². The van der Waals surface area contributed by atoms with E-state index in [-0.39, 0.29) is 59.3 Å². The summed E-state index contributed by atoms with van der Waals surface area (Å²) in [6, 6.07) is 0. The number of hydrogen-bond donors (Lipinski definition) is 0. The fraction of sp³-hybridized carbons (Fsp3) is 1.00. The maximum Gasteiger partial charge on any atom is 3.00 e. The minimum absolute atomic E-state index is 0. The van der Waals surface area contributed by atoms with Crippen molar-refractivity contribution in [2.75, 3.05) is 38.3 Å². The predicted molar refractivity (Wildman–Crippen MR) is 256 cm³/mol. The Balaban J connectivity index is -0.000000396. The molecule has 0 aliphatic heterocycles. The van der Waals surface area contributed by atoms with Crippen LogP contribution >= 0.6 is 22.8 Å². The summed E-state index contributed by atoms with van der Waals surface area (Å²) < 4.78 is 50.2. The van der Waals surface area contributed by atoms with Crippen LogP contribution in [0.25, 0.3) is 0 Å². The Bertz CT molecular complexity index is 858. The Hall–Kier alpha value is 1.80. The molecule has 367 valence electrons. The minimum Gasteiger partial charge on any atom is -0.778 e. The smallest absolute Gasteiger partial charge is 0.778 e. The van der Waals surface area contributed by atoms with Crippen LogP contribution in [0.4, 0.5) is 0 Å². The molecule has 0 amide bonds. The maximum absolute atomic E-state index is 11.7. The second-order valence-corrected chi connectivity index (χ2v) is 22.9. The molecule has 0 aromatic carbocycles. The number of rotatable bonds is 45. The van der Waals surface area contributed by atoms with Gasteiger partial charge in [0.1, 0.15) is 22.8 Å². The van der Waals surface area contributed by atoms with E-state index in [1.165, 1.54) is 135 Å². The van der Waals surface area contributed by atoms with Gasteiger partial charge in [-0.1, -0.05) is 234 Å². The summed E-state index contributed by atoms with van der Waals surface area (Å²) in [4.78, 5) is 35.0. The van der Waals surface area contributed by atoms with Gasteiger partial charge in [-0.2, -0.15) is 0 Å². The molecule has 0 fully saturated rings. The van der Waals surface area contributed by atoms with E-state index in [9.17, 15) is 28.4 Å². The van der Waals surface area contributed by atoms with Gasteiger partial charge in [0.2, 0.25) is 0 Å². The minimum atomic E-state index is -3.56. The van der Waals surface area contributed by atoms with E-state index in [1.807, 2.05) is 0 Å². The molecule has 0 bridgehead atoms. The number of hydrogen-bond acceptors (Lipinski definition) is 9. The first-order valence-electron chi connectivity index (χ1n) is 25.7. The van der Waals surface area contributed by atoms with Gasteiger partial charge in [-0.25, -0.2) is 0 Å². The van der Waals surface area contributed by atoms with Gasteiger partial charge < -0.3 is 41.9 Å². The second kappa shape index (κ2) is 54.4. The fourth-order valence-electron chi connectivity index (χ4n) is 6.71. The van der Waals surface area contributed by atoms with E-state index >= 15 is 0 Å². The van der Waals surface area contributed by atoms with Crippen molar-refractivity contribution in [1.82, 2.24) is 0 Å². The van der Waals surface area contributed by atoms with Gasteiger partial charge in [0.15, 0.2) is 0 Å². The number of unbranched alkanes of at least 4 members (excludes halogenated alkanes) is 30. The summed E-state index contributed by atoms with van der Waals surface area (Å²) in [5.41, 5.74) is 0. The molecule has 0 spiro atoms. The topological polar surface area (TPSA) is 148 Å². The zero-order valence-corrected chi connectivity index (χ0v) is 47.1. The molecule has 9 nitrogen and oxygen atoms in total. The van der Waals surface area contributed by atoms with Crippen LogP contribution in [0, 0.1) is 40.8 Å². The molecular formula is C48H102NdO9P3. The molecule has 3 unspecified atom stereocenters. The summed E-state index contributed by atoms with van der Waals surface area (Å²) in [5, 5.41) is 0. The van der Waals surface area contributed by atoms with E-state index in [0.717, 1.165) is 96.3 Å². The molecule has 0 aliphatic rings. The van der Waals surface area contributed by atoms with Crippen molar-refractivity contribution in [2.24, 2.45) is 0 Å². The van der Waals surface area contributed by atoms with Crippen molar-refractivity contribution in [3.05, 3.63) is 0 Å². The van der Waals surface area contributed by atoms with Crippen LogP contribution in [0.5, 0.6) is 0 Å². The van der Waals surface area contributed by atoms with Gasteiger partial charge >= 0.3 is 40.8 Å². The van der Waals surface area contributed by atoms with Gasteiger partial charge in [-0.05, 0) is 38.5 Å². The van der Waals surface area contributed by atoms with Crippen LogP contribution in [0.15, 0.2) is 0 Å². The van der Waals surface area contributed by atoms with Crippen LogP contribution in [-0.4, -0.2) is 38.3 Å². The van der Waals surface area contributed by atoms with Crippen molar-refractivity contribution in [3.8, 4) is 0 Å². The van der Waals surface area contributed by atoms with Gasteiger partial charge in [0, 0.05) is 18.5 Å². The average molecular weight is 1060 g/mol. The van der Waals surface area contributed by atoms with Gasteiger partial charge in [-0.3, -0.25) is 0 Å². The van der Waals surface area contributed by atoms with Gasteiger partial charge in [0.05, 0.1) is 19.8 Å². The molecule has 13 heteroatoms. The molecule has 0 rings (SSSR count). The zero-order valence-electron chi connectivity index (χ0n) is 41.2. The van der Waals surface area contributed by atoms with Crippen LogP contribution in [0.1, 0.15) is 273 Å². The summed E-state index contributed by atoms with van der Waals surface area (Å²) >= 11 is 0. The Kier molecular flexibility index (Phi) is 61.9.